The summed E-state index contributed by atoms with van der Waals surface area (Å²) in [4.78, 5) is 0.147. The Balaban J connectivity index is 2.09. The fourth-order valence-corrected chi connectivity index (χ4v) is 4.97. The molecule has 1 aliphatic rings. The summed E-state index contributed by atoms with van der Waals surface area (Å²) in [5.74, 6) is 0.733. The smallest absolute Gasteiger partial charge is 0.265 e. The predicted octanol–water partition coefficient (Wildman–Crippen LogP) is 3.80. The van der Waals surface area contributed by atoms with Crippen LogP contribution < -0.4 is 9.04 Å². The molecule has 0 bridgehead atoms. The van der Waals surface area contributed by atoms with Crippen molar-refractivity contribution >= 4 is 27.3 Å². The van der Waals surface area contributed by atoms with Gasteiger partial charge in [-0.1, -0.05) is 17.7 Å². The van der Waals surface area contributed by atoms with Gasteiger partial charge in [-0.25, -0.2) is 8.42 Å². The van der Waals surface area contributed by atoms with E-state index in [-0.39, 0.29) is 9.92 Å². The first-order valence-electron chi connectivity index (χ1n) is 7.39. The topological polar surface area (TPSA) is 46.6 Å². The third-order valence-corrected chi connectivity index (χ3v) is 6.31. The van der Waals surface area contributed by atoms with Crippen molar-refractivity contribution in [2.24, 2.45) is 0 Å². The van der Waals surface area contributed by atoms with Crippen LogP contribution in [0.4, 0.5) is 5.69 Å². The molecule has 0 unspecified atom stereocenters. The minimum atomic E-state index is -3.68. The highest BCUT2D eigenvalue weighted by molar-refractivity contribution is 7.93. The van der Waals surface area contributed by atoms with Crippen LogP contribution in [0.15, 0.2) is 41.3 Å². The highest BCUT2D eigenvalue weighted by atomic mass is 35.5. The Bertz CT molecular complexity index is 849. The maximum Gasteiger partial charge on any atom is 0.265 e. The lowest BCUT2D eigenvalue weighted by Crippen LogP contribution is -2.35. The summed E-state index contributed by atoms with van der Waals surface area (Å²) in [5, 5.41) is 0.255. The van der Waals surface area contributed by atoms with E-state index < -0.39 is 10.0 Å². The second kappa shape index (κ2) is 6.06. The van der Waals surface area contributed by atoms with Gasteiger partial charge in [0.1, 0.15) is 10.6 Å². The van der Waals surface area contributed by atoms with E-state index in [0.717, 1.165) is 29.7 Å². The van der Waals surface area contributed by atoms with Crippen LogP contribution in [0.5, 0.6) is 5.75 Å². The number of fused-ring (bicyclic) bond motifs is 1. The van der Waals surface area contributed by atoms with Crippen molar-refractivity contribution in [2.45, 2.75) is 24.7 Å². The van der Waals surface area contributed by atoms with Crippen LogP contribution in [-0.2, 0) is 16.4 Å². The molecule has 0 N–H and O–H groups in total. The number of rotatable bonds is 3. The van der Waals surface area contributed by atoms with E-state index in [1.807, 2.05) is 13.0 Å². The molecule has 1 aliphatic heterocycles. The number of hydrogen-bond donors (Lipinski definition) is 0. The summed E-state index contributed by atoms with van der Waals surface area (Å²) in [7, 11) is -2.08. The fourth-order valence-electron chi connectivity index (χ4n) is 2.85. The molecule has 6 heteroatoms. The first-order valence-corrected chi connectivity index (χ1v) is 9.21. The number of ether oxygens (including phenoxy) is 1. The average Bonchev–Trinajstić information content (AvgIpc) is 2.53. The zero-order valence-corrected chi connectivity index (χ0v) is 14.6. The molecule has 0 saturated heterocycles. The van der Waals surface area contributed by atoms with Gasteiger partial charge in [0, 0.05) is 6.54 Å². The molecule has 0 spiro atoms. The Morgan fingerprint density at radius 3 is 2.65 bits per heavy atom. The molecule has 3 rings (SSSR count). The lowest BCUT2D eigenvalue weighted by molar-refractivity contribution is 0.414. The van der Waals surface area contributed by atoms with Crippen molar-refractivity contribution in [3.05, 3.63) is 52.5 Å². The van der Waals surface area contributed by atoms with Gasteiger partial charge in [-0.15, -0.1) is 0 Å². The third-order valence-electron chi connectivity index (χ3n) is 4.02. The first-order chi connectivity index (χ1) is 10.9. The van der Waals surface area contributed by atoms with Crippen molar-refractivity contribution < 1.29 is 13.2 Å². The number of sulfonamides is 1. The lowest BCUT2D eigenvalue weighted by atomic mass is 10.0. The summed E-state index contributed by atoms with van der Waals surface area (Å²) in [6, 6.07) is 10.5. The number of nitrogens with zero attached hydrogens (tertiary/aromatic N) is 1. The lowest BCUT2D eigenvalue weighted by Gasteiger charge is -2.31. The van der Waals surface area contributed by atoms with Gasteiger partial charge < -0.3 is 4.74 Å². The van der Waals surface area contributed by atoms with Gasteiger partial charge >= 0.3 is 0 Å². The standard InChI is InChI=1S/C17H18ClNO3S/c1-12-5-8-17(15(18)10-12)23(20,21)19-9-3-4-13-11-14(22-2)6-7-16(13)19/h5-8,10-11H,3-4,9H2,1-2H3. The molecular weight excluding hydrogens is 334 g/mol. The zero-order chi connectivity index (χ0) is 16.6. The molecule has 0 saturated carbocycles. The van der Waals surface area contributed by atoms with Crippen molar-refractivity contribution in [2.75, 3.05) is 18.0 Å². The minimum Gasteiger partial charge on any atom is -0.497 e. The van der Waals surface area contributed by atoms with Crippen LogP contribution in [0, 0.1) is 6.92 Å². The molecule has 4 nitrogen and oxygen atoms in total. The fraction of sp³-hybridized carbons (Fsp3) is 0.294. The second-order valence-corrected chi connectivity index (χ2v) is 7.85. The van der Waals surface area contributed by atoms with Gasteiger partial charge in [0.25, 0.3) is 10.0 Å². The summed E-state index contributed by atoms with van der Waals surface area (Å²) in [5.41, 5.74) is 2.61. The van der Waals surface area contributed by atoms with Crippen molar-refractivity contribution in [1.82, 2.24) is 0 Å². The van der Waals surface area contributed by atoms with Crippen LogP contribution in [0.2, 0.25) is 5.02 Å². The second-order valence-electron chi connectivity index (χ2n) is 5.61. The Labute approximate surface area is 141 Å². The molecular formula is C17H18ClNO3S. The normalized spacial score (nSPS) is 14.5. The number of halogens is 1. The maximum atomic E-state index is 13.0. The zero-order valence-electron chi connectivity index (χ0n) is 13.0. The maximum absolute atomic E-state index is 13.0. The van der Waals surface area contributed by atoms with Gasteiger partial charge in [0.05, 0.1) is 17.8 Å². The number of hydrogen-bond acceptors (Lipinski definition) is 3. The Kier molecular flexibility index (Phi) is 4.25. The number of aryl methyl sites for hydroxylation is 2. The highest BCUT2D eigenvalue weighted by Gasteiger charge is 2.30. The Morgan fingerprint density at radius 1 is 1.17 bits per heavy atom. The predicted molar refractivity (Wildman–Crippen MR) is 92.0 cm³/mol. The van der Waals surface area contributed by atoms with Crippen LogP contribution in [-0.4, -0.2) is 22.1 Å². The van der Waals surface area contributed by atoms with Crippen LogP contribution in [0.3, 0.4) is 0 Å². The molecule has 2 aromatic carbocycles. The molecule has 0 aromatic heterocycles. The summed E-state index contributed by atoms with van der Waals surface area (Å²) >= 11 is 6.18. The molecule has 1 heterocycles. The van der Waals surface area contributed by atoms with Gasteiger partial charge in [-0.3, -0.25) is 4.31 Å². The first kappa shape index (κ1) is 16.1. The van der Waals surface area contributed by atoms with Gasteiger partial charge in [-0.2, -0.15) is 0 Å². The van der Waals surface area contributed by atoms with E-state index in [0.29, 0.717) is 12.2 Å². The molecule has 0 radical (unpaired) electrons. The number of anilines is 1. The molecule has 0 fully saturated rings. The van der Waals surface area contributed by atoms with E-state index in [9.17, 15) is 8.42 Å². The van der Waals surface area contributed by atoms with Gasteiger partial charge in [0.15, 0.2) is 0 Å². The molecule has 0 amide bonds. The monoisotopic (exact) mass is 351 g/mol. The summed E-state index contributed by atoms with van der Waals surface area (Å²) in [6.45, 7) is 2.33. The van der Waals surface area contributed by atoms with Crippen molar-refractivity contribution in [3.63, 3.8) is 0 Å². The van der Waals surface area contributed by atoms with E-state index in [4.69, 9.17) is 16.3 Å². The van der Waals surface area contributed by atoms with Crippen molar-refractivity contribution in [1.29, 1.82) is 0 Å². The Hall–Kier alpha value is -1.72. The minimum absolute atomic E-state index is 0.147. The molecule has 23 heavy (non-hydrogen) atoms. The molecule has 2 aromatic rings. The molecule has 0 atom stereocenters. The van der Waals surface area contributed by atoms with Crippen LogP contribution >= 0.6 is 11.6 Å². The van der Waals surface area contributed by atoms with Crippen molar-refractivity contribution in [3.8, 4) is 5.75 Å². The summed E-state index contributed by atoms with van der Waals surface area (Å²) < 4.78 is 32.8. The SMILES string of the molecule is COc1ccc2c(c1)CCCN2S(=O)(=O)c1ccc(C)cc1Cl. The van der Waals surface area contributed by atoms with Crippen LogP contribution in [0.25, 0.3) is 0 Å². The largest absolute Gasteiger partial charge is 0.497 e. The molecule has 0 aliphatic carbocycles. The van der Waals surface area contributed by atoms with Gasteiger partial charge in [0.2, 0.25) is 0 Å². The highest BCUT2D eigenvalue weighted by Crippen LogP contribution is 2.36. The average molecular weight is 352 g/mol. The van der Waals surface area contributed by atoms with E-state index >= 15 is 0 Å². The third kappa shape index (κ3) is 2.91. The Morgan fingerprint density at radius 2 is 1.96 bits per heavy atom. The van der Waals surface area contributed by atoms with E-state index in [1.54, 1.807) is 37.4 Å². The number of benzene rings is 2. The van der Waals surface area contributed by atoms with E-state index in [1.165, 1.54) is 4.31 Å². The number of methoxy groups -OCH3 is 1. The van der Waals surface area contributed by atoms with Crippen LogP contribution in [0.1, 0.15) is 17.5 Å². The quantitative estimate of drug-likeness (QED) is 0.845. The van der Waals surface area contributed by atoms with Gasteiger partial charge in [-0.05, 0) is 61.2 Å². The van der Waals surface area contributed by atoms with E-state index in [2.05, 4.69) is 0 Å². The summed E-state index contributed by atoms with van der Waals surface area (Å²) in [6.07, 6.45) is 1.60. The molecule has 122 valence electrons.